The summed E-state index contributed by atoms with van der Waals surface area (Å²) in [6.07, 6.45) is 3.42. The van der Waals surface area contributed by atoms with Gasteiger partial charge < -0.3 is 5.32 Å². The van der Waals surface area contributed by atoms with Crippen LogP contribution in [0.3, 0.4) is 0 Å². The van der Waals surface area contributed by atoms with E-state index in [-0.39, 0.29) is 22.9 Å². The third-order valence-corrected chi connectivity index (χ3v) is 8.15. The van der Waals surface area contributed by atoms with Gasteiger partial charge in [0.05, 0.1) is 4.92 Å². The summed E-state index contributed by atoms with van der Waals surface area (Å²) in [4.78, 5) is 10.2. The molecule has 2 aromatic rings. The minimum atomic E-state index is -4.02. The van der Waals surface area contributed by atoms with Crippen LogP contribution in [-0.4, -0.2) is 25.9 Å². The zero-order valence-corrected chi connectivity index (χ0v) is 18.6. The summed E-state index contributed by atoms with van der Waals surface area (Å²) < 4.78 is 29.2. The summed E-state index contributed by atoms with van der Waals surface area (Å²) in [5.41, 5.74) is 2.46. The van der Waals surface area contributed by atoms with Crippen molar-refractivity contribution in [2.45, 2.75) is 42.0 Å². The summed E-state index contributed by atoms with van der Waals surface area (Å²) in [6, 6.07) is 11.6. The third-order valence-electron chi connectivity index (χ3n) is 6.15. The largest absolute Gasteiger partial charge is 0.381 e. The molecular formula is C21H22BrN3O4S. The first-order chi connectivity index (χ1) is 14.3. The van der Waals surface area contributed by atoms with E-state index in [1.54, 1.807) is 0 Å². The minimum Gasteiger partial charge on any atom is -0.381 e. The smallest absolute Gasteiger partial charge is 0.289 e. The van der Waals surface area contributed by atoms with Crippen molar-refractivity contribution in [3.8, 4) is 0 Å². The summed E-state index contributed by atoms with van der Waals surface area (Å²) in [5.74, 6) is 0. The normalized spacial score (nSPS) is 22.8. The topological polar surface area (TPSA) is 101 Å². The summed E-state index contributed by atoms with van der Waals surface area (Å²) in [7, 11) is -4.02. The first-order valence-electron chi connectivity index (χ1n) is 9.73. The van der Waals surface area contributed by atoms with E-state index < -0.39 is 20.6 Å². The number of rotatable bonds is 6. The Bertz CT molecular complexity index is 1130. The highest BCUT2D eigenvalue weighted by Crippen LogP contribution is 2.53. The highest BCUT2D eigenvalue weighted by Gasteiger charge is 2.50. The molecule has 4 rings (SSSR count). The molecule has 0 spiro atoms. The van der Waals surface area contributed by atoms with Crippen LogP contribution in [0.25, 0.3) is 0 Å². The van der Waals surface area contributed by atoms with E-state index in [1.807, 2.05) is 12.1 Å². The molecule has 2 aliphatic rings. The first-order valence-corrected chi connectivity index (χ1v) is 12.0. The number of fused-ring (bicyclic) bond motifs is 3. The fourth-order valence-corrected chi connectivity index (χ4v) is 6.35. The van der Waals surface area contributed by atoms with Crippen LogP contribution in [0.1, 0.15) is 31.2 Å². The van der Waals surface area contributed by atoms with E-state index >= 15 is 0 Å². The predicted molar refractivity (Wildman–Crippen MR) is 119 cm³/mol. The Morgan fingerprint density at radius 2 is 2.07 bits per heavy atom. The number of para-hydroxylation sites is 1. The number of hydrogen-bond donors (Lipinski definition) is 2. The molecule has 158 valence electrons. The number of nitro groups is 1. The van der Waals surface area contributed by atoms with Crippen LogP contribution < -0.4 is 10.0 Å². The molecule has 0 unspecified atom stereocenters. The molecule has 2 N–H and O–H groups in total. The number of nitrogens with zero attached hydrogens (tertiary/aromatic N) is 1. The van der Waals surface area contributed by atoms with Crippen molar-refractivity contribution in [1.29, 1.82) is 0 Å². The van der Waals surface area contributed by atoms with Gasteiger partial charge in [-0.1, -0.05) is 40.2 Å². The van der Waals surface area contributed by atoms with Gasteiger partial charge in [0.15, 0.2) is 4.90 Å². The molecule has 1 heterocycles. The zero-order chi connectivity index (χ0) is 21.5. The minimum absolute atomic E-state index is 0.150. The maximum atomic E-state index is 12.8. The molecule has 1 fully saturated rings. The van der Waals surface area contributed by atoms with Gasteiger partial charge in [-0.15, -0.1) is 0 Å². The maximum Gasteiger partial charge on any atom is 0.289 e. The predicted octanol–water partition coefficient (Wildman–Crippen LogP) is 4.50. The fraction of sp³-hybridized carbons (Fsp3) is 0.333. The van der Waals surface area contributed by atoms with Crippen LogP contribution in [0, 0.1) is 10.1 Å². The molecule has 2 aromatic carbocycles. The van der Waals surface area contributed by atoms with Crippen molar-refractivity contribution in [2.24, 2.45) is 0 Å². The van der Waals surface area contributed by atoms with Crippen LogP contribution in [0.5, 0.6) is 0 Å². The molecule has 0 aromatic heterocycles. The average Bonchev–Trinajstić information content (AvgIpc) is 3.03. The quantitative estimate of drug-likeness (QED) is 0.351. The molecule has 7 nitrogen and oxygen atoms in total. The zero-order valence-electron chi connectivity index (χ0n) is 16.2. The number of anilines is 1. The van der Waals surface area contributed by atoms with Crippen LogP contribution in [0.4, 0.5) is 11.4 Å². The molecule has 0 bridgehead atoms. The number of benzene rings is 2. The highest BCUT2D eigenvalue weighted by molar-refractivity contribution is 9.10. The molecule has 0 saturated heterocycles. The van der Waals surface area contributed by atoms with Gasteiger partial charge in [0.2, 0.25) is 10.0 Å². The lowest BCUT2D eigenvalue weighted by atomic mass is 9.63. The standard InChI is InChI=1S/C21H22BrN3O4S/c1-14-5-4-8-20-21(14,16-13-15(22)9-10-17(16)24-20)11-12-23-30(28,29)19-7-3-2-6-18(19)25(26)27/h2-3,6-7,9-10,13,20,23-24H,1,4-5,8,11-12H2/t20-,21-/m0/s1. The van der Waals surface area contributed by atoms with Crippen molar-refractivity contribution in [3.05, 3.63) is 74.8 Å². The Morgan fingerprint density at radius 3 is 2.83 bits per heavy atom. The number of sulfonamides is 1. The highest BCUT2D eigenvalue weighted by atomic mass is 79.9. The summed E-state index contributed by atoms with van der Waals surface area (Å²) in [5, 5.41) is 14.8. The van der Waals surface area contributed by atoms with E-state index in [0.717, 1.165) is 40.6 Å². The molecule has 30 heavy (non-hydrogen) atoms. The molecule has 2 atom stereocenters. The van der Waals surface area contributed by atoms with Crippen molar-refractivity contribution >= 4 is 37.3 Å². The second-order valence-corrected chi connectivity index (χ2v) is 10.4. The average molecular weight is 492 g/mol. The van der Waals surface area contributed by atoms with Gasteiger partial charge in [0, 0.05) is 34.2 Å². The monoisotopic (exact) mass is 491 g/mol. The van der Waals surface area contributed by atoms with Crippen molar-refractivity contribution in [1.82, 2.24) is 4.72 Å². The van der Waals surface area contributed by atoms with Crippen LogP contribution in [0.15, 0.2) is 64.0 Å². The van der Waals surface area contributed by atoms with Gasteiger partial charge in [-0.2, -0.15) is 0 Å². The van der Waals surface area contributed by atoms with Crippen LogP contribution in [-0.2, 0) is 15.4 Å². The van der Waals surface area contributed by atoms with Gasteiger partial charge in [-0.3, -0.25) is 10.1 Å². The summed E-state index contributed by atoms with van der Waals surface area (Å²) in [6.45, 7) is 4.50. The lowest BCUT2D eigenvalue weighted by molar-refractivity contribution is -0.387. The van der Waals surface area contributed by atoms with E-state index in [2.05, 4.69) is 38.6 Å². The van der Waals surface area contributed by atoms with Gasteiger partial charge >= 0.3 is 0 Å². The number of nitro benzene ring substituents is 1. The van der Waals surface area contributed by atoms with Gasteiger partial charge in [-0.05, 0) is 55.5 Å². The number of hydrogen-bond acceptors (Lipinski definition) is 5. The third kappa shape index (κ3) is 3.44. The van der Waals surface area contributed by atoms with Gasteiger partial charge in [-0.25, -0.2) is 13.1 Å². The lowest BCUT2D eigenvalue weighted by Crippen LogP contribution is -2.45. The lowest BCUT2D eigenvalue weighted by Gasteiger charge is -2.42. The Morgan fingerprint density at radius 1 is 1.30 bits per heavy atom. The van der Waals surface area contributed by atoms with Crippen LogP contribution in [0.2, 0.25) is 0 Å². The van der Waals surface area contributed by atoms with Crippen LogP contribution >= 0.6 is 15.9 Å². The molecule has 9 heteroatoms. The van der Waals surface area contributed by atoms with E-state index in [0.29, 0.717) is 6.42 Å². The SMILES string of the molecule is C=C1CCC[C@@H]2Nc3ccc(Br)cc3[C@]12CCNS(=O)(=O)c1ccccc1[N+](=O)[O-]. The van der Waals surface area contributed by atoms with Gasteiger partial charge in [0.25, 0.3) is 5.69 Å². The first kappa shape index (κ1) is 21.0. The second kappa shape index (κ2) is 7.79. The number of nitrogens with one attached hydrogen (secondary N) is 2. The van der Waals surface area contributed by atoms with E-state index in [4.69, 9.17) is 0 Å². The molecule has 1 aliphatic carbocycles. The maximum absolute atomic E-state index is 12.8. The van der Waals surface area contributed by atoms with Crippen molar-refractivity contribution in [2.75, 3.05) is 11.9 Å². The Kier molecular flexibility index (Phi) is 5.46. The van der Waals surface area contributed by atoms with E-state index in [1.165, 1.54) is 24.3 Å². The Balaban J connectivity index is 1.62. The van der Waals surface area contributed by atoms with E-state index in [9.17, 15) is 18.5 Å². The van der Waals surface area contributed by atoms with Crippen molar-refractivity contribution in [3.63, 3.8) is 0 Å². The molecular weight excluding hydrogens is 470 g/mol. The Hall–Kier alpha value is -2.23. The molecule has 1 saturated carbocycles. The van der Waals surface area contributed by atoms with Gasteiger partial charge in [0.1, 0.15) is 0 Å². The summed E-state index contributed by atoms with van der Waals surface area (Å²) >= 11 is 3.54. The molecule has 1 aliphatic heterocycles. The Labute approximate surface area is 183 Å². The number of halogens is 1. The molecule has 0 amide bonds. The molecule has 0 radical (unpaired) electrons. The fourth-order valence-electron chi connectivity index (χ4n) is 4.79. The van der Waals surface area contributed by atoms with Crippen molar-refractivity contribution < 1.29 is 13.3 Å². The second-order valence-electron chi connectivity index (χ2n) is 7.73.